The Morgan fingerprint density at radius 1 is 1.62 bits per heavy atom. The van der Waals surface area contributed by atoms with E-state index in [9.17, 15) is 4.39 Å². The lowest BCUT2D eigenvalue weighted by molar-refractivity contribution is 0.578. The van der Waals surface area contributed by atoms with Crippen LogP contribution in [-0.4, -0.2) is 0 Å². The van der Waals surface area contributed by atoms with Gasteiger partial charge in [-0.25, -0.2) is 4.39 Å². The highest BCUT2D eigenvalue weighted by atomic mass is 79.9. The summed E-state index contributed by atoms with van der Waals surface area (Å²) in [5, 5.41) is 0. The molecule has 1 aromatic rings. The summed E-state index contributed by atoms with van der Waals surface area (Å²) < 4.78 is 13.9. The minimum absolute atomic E-state index is 0.281. The molecule has 0 amide bonds. The average Bonchev–Trinajstić information content (AvgIpc) is 2.10. The van der Waals surface area contributed by atoms with E-state index in [4.69, 9.17) is 5.73 Å². The Hall–Kier alpha value is -0.670. The molecule has 0 bridgehead atoms. The molecule has 1 atom stereocenters. The van der Waals surface area contributed by atoms with Crippen LogP contribution in [0.3, 0.4) is 0 Å². The van der Waals surface area contributed by atoms with E-state index in [1.807, 2.05) is 0 Å². The van der Waals surface area contributed by atoms with Crippen molar-refractivity contribution in [3.05, 3.63) is 46.7 Å². The third kappa shape index (κ3) is 2.39. The number of halogens is 2. The van der Waals surface area contributed by atoms with E-state index in [-0.39, 0.29) is 11.9 Å². The number of rotatable bonds is 3. The van der Waals surface area contributed by atoms with Crippen LogP contribution in [0.4, 0.5) is 4.39 Å². The lowest BCUT2D eigenvalue weighted by Crippen LogP contribution is -2.11. The van der Waals surface area contributed by atoms with Gasteiger partial charge in [0.05, 0.1) is 4.47 Å². The fourth-order valence-corrected chi connectivity index (χ4v) is 1.49. The Morgan fingerprint density at radius 3 is 2.92 bits per heavy atom. The SMILES string of the molecule is C=CC[C@H](N)c1cccc(Br)c1F. The third-order valence-electron chi connectivity index (χ3n) is 1.80. The fraction of sp³-hybridized carbons (Fsp3) is 0.200. The molecule has 1 nitrogen and oxygen atoms in total. The zero-order valence-corrected chi connectivity index (χ0v) is 8.72. The molecule has 1 rings (SSSR count). The summed E-state index contributed by atoms with van der Waals surface area (Å²) in [4.78, 5) is 0. The lowest BCUT2D eigenvalue weighted by atomic mass is 10.0. The van der Waals surface area contributed by atoms with Crippen molar-refractivity contribution >= 4 is 15.9 Å². The molecule has 3 heteroatoms. The van der Waals surface area contributed by atoms with Crippen molar-refractivity contribution in [1.82, 2.24) is 0 Å². The van der Waals surface area contributed by atoms with Crippen molar-refractivity contribution in [1.29, 1.82) is 0 Å². The highest BCUT2D eigenvalue weighted by Gasteiger charge is 2.11. The molecule has 0 aliphatic carbocycles. The highest BCUT2D eigenvalue weighted by Crippen LogP contribution is 2.24. The van der Waals surface area contributed by atoms with Crippen molar-refractivity contribution in [2.45, 2.75) is 12.5 Å². The maximum absolute atomic E-state index is 13.4. The van der Waals surface area contributed by atoms with Gasteiger partial charge < -0.3 is 5.73 Å². The second-order valence-corrected chi connectivity index (χ2v) is 3.63. The minimum atomic E-state index is -0.310. The van der Waals surface area contributed by atoms with Gasteiger partial charge in [0, 0.05) is 11.6 Å². The van der Waals surface area contributed by atoms with Crippen molar-refractivity contribution in [2.24, 2.45) is 5.73 Å². The normalized spacial score (nSPS) is 12.5. The van der Waals surface area contributed by atoms with Gasteiger partial charge in [-0.1, -0.05) is 18.2 Å². The number of nitrogens with two attached hydrogens (primary N) is 1. The molecule has 70 valence electrons. The van der Waals surface area contributed by atoms with Gasteiger partial charge >= 0.3 is 0 Å². The molecule has 0 saturated carbocycles. The van der Waals surface area contributed by atoms with Gasteiger partial charge in [0.25, 0.3) is 0 Å². The van der Waals surface area contributed by atoms with Gasteiger partial charge in [0.1, 0.15) is 5.82 Å². The maximum atomic E-state index is 13.4. The van der Waals surface area contributed by atoms with Gasteiger partial charge in [-0.2, -0.15) is 0 Å². The molecule has 0 unspecified atom stereocenters. The fourth-order valence-electron chi connectivity index (χ4n) is 1.11. The molecule has 0 fully saturated rings. The molecule has 0 aliphatic rings. The molecule has 0 aliphatic heterocycles. The third-order valence-corrected chi connectivity index (χ3v) is 2.41. The van der Waals surface area contributed by atoms with Gasteiger partial charge in [-0.3, -0.25) is 0 Å². The number of benzene rings is 1. The molecule has 0 spiro atoms. The Kier molecular flexibility index (Phi) is 3.63. The van der Waals surface area contributed by atoms with Gasteiger partial charge in [0.2, 0.25) is 0 Å². The summed E-state index contributed by atoms with van der Waals surface area (Å²) in [6, 6.07) is 4.80. The van der Waals surface area contributed by atoms with E-state index < -0.39 is 0 Å². The second-order valence-electron chi connectivity index (χ2n) is 2.77. The van der Waals surface area contributed by atoms with Crippen LogP contribution in [0.25, 0.3) is 0 Å². The van der Waals surface area contributed by atoms with Crippen LogP contribution in [0.1, 0.15) is 18.0 Å². The minimum Gasteiger partial charge on any atom is -0.324 e. The zero-order valence-electron chi connectivity index (χ0n) is 7.13. The molecule has 0 saturated heterocycles. The molecular weight excluding hydrogens is 233 g/mol. The molecule has 0 radical (unpaired) electrons. The summed E-state index contributed by atoms with van der Waals surface area (Å²) in [5.74, 6) is -0.281. The van der Waals surface area contributed by atoms with Crippen molar-refractivity contribution < 1.29 is 4.39 Å². The van der Waals surface area contributed by atoms with Crippen molar-refractivity contribution in [3.63, 3.8) is 0 Å². The van der Waals surface area contributed by atoms with Crippen LogP contribution >= 0.6 is 15.9 Å². The van der Waals surface area contributed by atoms with Crippen molar-refractivity contribution in [3.8, 4) is 0 Å². The second kappa shape index (κ2) is 4.53. The summed E-state index contributed by atoms with van der Waals surface area (Å²) in [5.41, 5.74) is 6.27. The molecule has 0 aromatic heterocycles. The predicted molar refractivity (Wildman–Crippen MR) is 55.8 cm³/mol. The Balaban J connectivity index is 3.00. The van der Waals surface area contributed by atoms with Crippen LogP contribution in [0, 0.1) is 5.82 Å². The highest BCUT2D eigenvalue weighted by molar-refractivity contribution is 9.10. The molecule has 13 heavy (non-hydrogen) atoms. The first kappa shape index (κ1) is 10.4. The summed E-state index contributed by atoms with van der Waals surface area (Å²) in [7, 11) is 0. The summed E-state index contributed by atoms with van der Waals surface area (Å²) in [6.07, 6.45) is 2.26. The quantitative estimate of drug-likeness (QED) is 0.812. The van der Waals surface area contributed by atoms with Crippen LogP contribution in [0.15, 0.2) is 35.3 Å². The van der Waals surface area contributed by atoms with Crippen LogP contribution < -0.4 is 5.73 Å². The number of hydrogen-bond acceptors (Lipinski definition) is 1. The van der Waals surface area contributed by atoms with E-state index in [2.05, 4.69) is 22.5 Å². The first-order valence-electron chi connectivity index (χ1n) is 3.97. The molecular formula is C10H11BrFN. The van der Waals surface area contributed by atoms with Crippen molar-refractivity contribution in [2.75, 3.05) is 0 Å². The Morgan fingerprint density at radius 2 is 2.31 bits per heavy atom. The monoisotopic (exact) mass is 243 g/mol. The van der Waals surface area contributed by atoms with E-state index in [1.165, 1.54) is 0 Å². The van der Waals surface area contributed by atoms with Crippen LogP contribution in [0.2, 0.25) is 0 Å². The first-order chi connectivity index (χ1) is 6.16. The van der Waals surface area contributed by atoms with Gasteiger partial charge in [-0.15, -0.1) is 6.58 Å². The van der Waals surface area contributed by atoms with Gasteiger partial charge in [0.15, 0.2) is 0 Å². The average molecular weight is 244 g/mol. The predicted octanol–water partition coefficient (Wildman–Crippen LogP) is 3.16. The van der Waals surface area contributed by atoms with Gasteiger partial charge in [-0.05, 0) is 28.4 Å². The summed E-state index contributed by atoms with van der Waals surface area (Å²) in [6.45, 7) is 3.56. The van der Waals surface area contributed by atoms with E-state index in [1.54, 1.807) is 24.3 Å². The van der Waals surface area contributed by atoms with E-state index in [0.717, 1.165) is 0 Å². The first-order valence-corrected chi connectivity index (χ1v) is 4.76. The Bertz CT molecular complexity index is 312. The van der Waals surface area contributed by atoms with E-state index in [0.29, 0.717) is 16.5 Å². The van der Waals surface area contributed by atoms with Crippen LogP contribution in [-0.2, 0) is 0 Å². The largest absolute Gasteiger partial charge is 0.324 e. The van der Waals surface area contributed by atoms with E-state index >= 15 is 0 Å². The topological polar surface area (TPSA) is 26.0 Å². The smallest absolute Gasteiger partial charge is 0.142 e. The number of hydrogen-bond donors (Lipinski definition) is 1. The molecule has 1 aromatic carbocycles. The Labute approximate surface area is 85.6 Å². The maximum Gasteiger partial charge on any atom is 0.142 e. The standard InChI is InChI=1S/C10H11BrFN/c1-2-4-9(13)7-5-3-6-8(11)10(7)12/h2-3,5-6,9H,1,4,13H2/t9-/m0/s1. The lowest BCUT2D eigenvalue weighted by Gasteiger charge is -2.10. The molecule has 2 N–H and O–H groups in total. The zero-order chi connectivity index (χ0) is 9.84. The van der Waals surface area contributed by atoms with Crippen LogP contribution in [0.5, 0.6) is 0 Å². The summed E-state index contributed by atoms with van der Waals surface area (Å²) >= 11 is 3.11. The molecule has 0 heterocycles.